The van der Waals surface area contributed by atoms with E-state index in [1.807, 2.05) is 0 Å². The molecule has 0 unspecified atom stereocenters. The second-order valence-corrected chi connectivity index (χ2v) is 7.50. The predicted octanol–water partition coefficient (Wildman–Crippen LogP) is 4.30. The van der Waals surface area contributed by atoms with Crippen LogP contribution in [0, 0.1) is 6.92 Å². The van der Waals surface area contributed by atoms with E-state index in [0.717, 1.165) is 0 Å². The molecule has 2 N–H and O–H groups in total. The van der Waals surface area contributed by atoms with Crippen molar-refractivity contribution in [2.75, 3.05) is 4.72 Å². The zero-order chi connectivity index (χ0) is 20.1. The summed E-state index contributed by atoms with van der Waals surface area (Å²) in [4.78, 5) is 15.2. The molecule has 0 fully saturated rings. The second-order valence-electron chi connectivity index (χ2n) is 5.82. The van der Waals surface area contributed by atoms with Crippen LogP contribution in [-0.2, 0) is 10.0 Å². The lowest BCUT2D eigenvalue weighted by molar-refractivity contribution is 0.0696. The molecular formula is C19H16N4O4S. The minimum absolute atomic E-state index is 0.0561. The first-order chi connectivity index (χ1) is 13.3. The maximum atomic E-state index is 12.4. The second kappa shape index (κ2) is 7.97. The minimum atomic E-state index is -3.77. The van der Waals surface area contributed by atoms with Crippen molar-refractivity contribution in [3.8, 4) is 0 Å². The van der Waals surface area contributed by atoms with Crippen LogP contribution in [0.3, 0.4) is 0 Å². The van der Waals surface area contributed by atoms with E-state index in [1.54, 1.807) is 37.3 Å². The number of rotatable bonds is 6. The standard InChI is InChI=1S/C19H16N4O4S/c1-13-5-6-15(12-17(13)19(24)25)22-21-14-7-9-16(10-8-14)28(26,27)23-18-4-2-3-11-20-18/h2-12H,1H3,(H,20,23)(H,24,25)/b22-21+. The molecule has 0 atom stereocenters. The van der Waals surface area contributed by atoms with Gasteiger partial charge in [0.25, 0.3) is 10.0 Å². The molecule has 0 aliphatic carbocycles. The van der Waals surface area contributed by atoms with Crippen LogP contribution < -0.4 is 4.72 Å². The van der Waals surface area contributed by atoms with Crippen LogP contribution in [0.2, 0.25) is 0 Å². The Labute approximate surface area is 161 Å². The van der Waals surface area contributed by atoms with E-state index in [-0.39, 0.29) is 16.3 Å². The summed E-state index contributed by atoms with van der Waals surface area (Å²) >= 11 is 0. The topological polar surface area (TPSA) is 121 Å². The first-order valence-corrected chi connectivity index (χ1v) is 9.63. The number of hydrogen-bond acceptors (Lipinski definition) is 6. The molecular weight excluding hydrogens is 380 g/mol. The fourth-order valence-electron chi connectivity index (χ4n) is 2.33. The fraction of sp³-hybridized carbons (Fsp3) is 0.0526. The number of aromatic carboxylic acids is 1. The Morgan fingerprint density at radius 2 is 1.68 bits per heavy atom. The fourth-order valence-corrected chi connectivity index (χ4v) is 3.34. The SMILES string of the molecule is Cc1ccc(/N=N/c2ccc(S(=O)(=O)Nc3ccccn3)cc2)cc1C(=O)O. The van der Waals surface area contributed by atoms with Gasteiger partial charge in [-0.2, -0.15) is 10.2 Å². The van der Waals surface area contributed by atoms with Crippen molar-refractivity contribution in [2.24, 2.45) is 10.2 Å². The molecule has 28 heavy (non-hydrogen) atoms. The highest BCUT2D eigenvalue weighted by Gasteiger charge is 2.14. The molecule has 0 spiro atoms. The molecule has 142 valence electrons. The molecule has 0 aliphatic heterocycles. The number of nitrogens with one attached hydrogen (secondary N) is 1. The minimum Gasteiger partial charge on any atom is -0.478 e. The van der Waals surface area contributed by atoms with Crippen molar-refractivity contribution in [3.05, 3.63) is 78.0 Å². The predicted molar refractivity (Wildman–Crippen MR) is 104 cm³/mol. The number of nitrogens with zero attached hydrogens (tertiary/aromatic N) is 3. The van der Waals surface area contributed by atoms with E-state index in [4.69, 9.17) is 5.11 Å². The highest BCUT2D eigenvalue weighted by Crippen LogP contribution is 2.23. The van der Waals surface area contributed by atoms with Gasteiger partial charge in [-0.1, -0.05) is 12.1 Å². The van der Waals surface area contributed by atoms with E-state index in [2.05, 4.69) is 19.9 Å². The first-order valence-electron chi connectivity index (χ1n) is 8.15. The van der Waals surface area contributed by atoms with Crippen molar-refractivity contribution in [3.63, 3.8) is 0 Å². The van der Waals surface area contributed by atoms with E-state index in [0.29, 0.717) is 16.9 Å². The Bertz CT molecular complexity index is 1130. The number of hydrogen-bond donors (Lipinski definition) is 2. The largest absolute Gasteiger partial charge is 0.478 e. The van der Waals surface area contributed by atoms with Crippen molar-refractivity contribution < 1.29 is 18.3 Å². The maximum absolute atomic E-state index is 12.4. The van der Waals surface area contributed by atoms with Crippen molar-refractivity contribution in [1.29, 1.82) is 0 Å². The lowest BCUT2D eigenvalue weighted by atomic mass is 10.1. The Hall–Kier alpha value is -3.59. The molecule has 3 rings (SSSR count). The van der Waals surface area contributed by atoms with Gasteiger partial charge in [-0.3, -0.25) is 4.72 Å². The quantitative estimate of drug-likeness (QED) is 0.602. The summed E-state index contributed by atoms with van der Waals surface area (Å²) in [6, 6.07) is 15.4. The molecule has 1 heterocycles. The Balaban J connectivity index is 1.77. The normalized spacial score (nSPS) is 11.5. The summed E-state index contributed by atoms with van der Waals surface area (Å²) in [5, 5.41) is 17.2. The molecule has 2 aromatic carbocycles. The van der Waals surface area contributed by atoms with Crippen LogP contribution in [0.15, 0.2) is 82.0 Å². The summed E-state index contributed by atoms with van der Waals surface area (Å²) in [6.45, 7) is 1.70. The number of carbonyl (C=O) groups is 1. The molecule has 1 aromatic heterocycles. The van der Waals surface area contributed by atoms with Gasteiger partial charge >= 0.3 is 5.97 Å². The summed E-state index contributed by atoms with van der Waals surface area (Å²) < 4.78 is 27.1. The molecule has 0 saturated carbocycles. The Morgan fingerprint density at radius 1 is 1.00 bits per heavy atom. The van der Waals surface area contributed by atoms with Crippen molar-refractivity contribution in [2.45, 2.75) is 11.8 Å². The summed E-state index contributed by atoms with van der Waals surface area (Å²) in [7, 11) is -3.77. The van der Waals surface area contributed by atoms with Crippen molar-refractivity contribution in [1.82, 2.24) is 4.98 Å². The number of azo groups is 1. The zero-order valence-corrected chi connectivity index (χ0v) is 15.6. The van der Waals surface area contributed by atoms with Crippen LogP contribution in [0.4, 0.5) is 17.2 Å². The highest BCUT2D eigenvalue weighted by molar-refractivity contribution is 7.92. The number of benzene rings is 2. The van der Waals surface area contributed by atoms with Crippen LogP contribution in [0.25, 0.3) is 0 Å². The van der Waals surface area contributed by atoms with Crippen LogP contribution in [-0.4, -0.2) is 24.5 Å². The lowest BCUT2D eigenvalue weighted by Crippen LogP contribution is -2.13. The zero-order valence-electron chi connectivity index (χ0n) is 14.8. The number of pyridine rings is 1. The van der Waals surface area contributed by atoms with Crippen LogP contribution in [0.1, 0.15) is 15.9 Å². The van der Waals surface area contributed by atoms with Gasteiger partial charge < -0.3 is 5.11 Å². The van der Waals surface area contributed by atoms with Gasteiger partial charge in [0.15, 0.2) is 0 Å². The van der Waals surface area contributed by atoms with Gasteiger partial charge in [0.05, 0.1) is 21.8 Å². The van der Waals surface area contributed by atoms with Gasteiger partial charge in [-0.25, -0.2) is 18.2 Å². The van der Waals surface area contributed by atoms with Gasteiger partial charge in [0, 0.05) is 6.20 Å². The summed E-state index contributed by atoms with van der Waals surface area (Å²) in [6.07, 6.45) is 1.49. The average Bonchev–Trinajstić information content (AvgIpc) is 2.68. The third-order valence-corrected chi connectivity index (χ3v) is 5.15. The molecule has 0 bridgehead atoms. The number of aromatic nitrogens is 1. The van der Waals surface area contributed by atoms with Gasteiger partial charge in [-0.05, 0) is 61.0 Å². The number of carboxylic acid groups (broad SMARTS) is 1. The highest BCUT2D eigenvalue weighted by atomic mass is 32.2. The Kier molecular flexibility index (Phi) is 5.46. The number of anilines is 1. The maximum Gasteiger partial charge on any atom is 0.336 e. The number of carboxylic acids is 1. The number of aryl methyl sites for hydroxylation is 1. The van der Waals surface area contributed by atoms with E-state index in [9.17, 15) is 13.2 Å². The van der Waals surface area contributed by atoms with E-state index < -0.39 is 16.0 Å². The smallest absolute Gasteiger partial charge is 0.336 e. The average molecular weight is 396 g/mol. The van der Waals surface area contributed by atoms with Crippen LogP contribution >= 0.6 is 0 Å². The third kappa shape index (κ3) is 4.57. The van der Waals surface area contributed by atoms with Crippen molar-refractivity contribution >= 4 is 33.2 Å². The summed E-state index contributed by atoms with van der Waals surface area (Å²) in [5.74, 6) is -0.815. The number of sulfonamides is 1. The monoisotopic (exact) mass is 396 g/mol. The molecule has 0 amide bonds. The van der Waals surface area contributed by atoms with Gasteiger partial charge in [-0.15, -0.1) is 0 Å². The lowest BCUT2D eigenvalue weighted by Gasteiger charge is -2.07. The molecule has 0 aliphatic rings. The van der Waals surface area contributed by atoms with Crippen LogP contribution in [0.5, 0.6) is 0 Å². The first kappa shape index (κ1) is 19.2. The van der Waals surface area contributed by atoms with Gasteiger partial charge in [0.2, 0.25) is 0 Å². The molecule has 3 aromatic rings. The molecule has 0 saturated heterocycles. The molecule has 0 radical (unpaired) electrons. The third-order valence-electron chi connectivity index (χ3n) is 3.78. The summed E-state index contributed by atoms with van der Waals surface area (Å²) in [5.41, 5.74) is 1.59. The van der Waals surface area contributed by atoms with E-state index in [1.165, 1.54) is 36.5 Å². The van der Waals surface area contributed by atoms with Gasteiger partial charge in [0.1, 0.15) is 5.82 Å². The molecule has 9 heteroatoms. The molecule has 8 nitrogen and oxygen atoms in total. The van der Waals surface area contributed by atoms with E-state index >= 15 is 0 Å². The Morgan fingerprint density at radius 3 is 2.32 bits per heavy atom.